The molecule has 0 unspecified atom stereocenters. The van der Waals surface area contributed by atoms with E-state index in [0.717, 1.165) is 11.1 Å². The van der Waals surface area contributed by atoms with Gasteiger partial charge in [0.1, 0.15) is 5.75 Å². The fraction of sp³-hybridized carbons (Fsp3) is 0.200. The Morgan fingerprint density at radius 1 is 1.21 bits per heavy atom. The van der Waals surface area contributed by atoms with Crippen molar-refractivity contribution in [2.75, 3.05) is 6.61 Å². The summed E-state index contributed by atoms with van der Waals surface area (Å²) in [5.74, 6) is 0.686. The molecule has 1 aliphatic carbocycles. The molecule has 0 atom stereocenters. The molecule has 96 valence electrons. The average Bonchev–Trinajstić information content (AvgIpc) is 3.07. The van der Waals surface area contributed by atoms with Gasteiger partial charge in [0.2, 0.25) is 5.78 Å². The first-order valence-corrected chi connectivity index (χ1v) is 6.20. The van der Waals surface area contributed by atoms with Crippen LogP contribution in [0.2, 0.25) is 0 Å². The van der Waals surface area contributed by atoms with Gasteiger partial charge in [-0.1, -0.05) is 12.1 Å². The summed E-state index contributed by atoms with van der Waals surface area (Å²) < 4.78 is 5.56. The van der Waals surface area contributed by atoms with E-state index in [-0.39, 0.29) is 18.2 Å². The molecule has 1 aromatic carbocycles. The van der Waals surface area contributed by atoms with Crippen LogP contribution >= 0.6 is 0 Å². The number of fused-ring (bicyclic) bond motifs is 1. The minimum atomic E-state index is -0.105. The van der Waals surface area contributed by atoms with Crippen LogP contribution in [-0.4, -0.2) is 23.2 Å². The third-order valence-corrected chi connectivity index (χ3v) is 3.29. The molecule has 0 radical (unpaired) electrons. The fourth-order valence-electron chi connectivity index (χ4n) is 2.32. The van der Waals surface area contributed by atoms with E-state index in [2.05, 4.69) is 4.98 Å². The van der Waals surface area contributed by atoms with Gasteiger partial charge in [0.15, 0.2) is 12.4 Å². The van der Waals surface area contributed by atoms with Crippen LogP contribution in [0.3, 0.4) is 0 Å². The zero-order valence-corrected chi connectivity index (χ0v) is 10.3. The Labute approximate surface area is 110 Å². The topological polar surface area (TPSA) is 59.2 Å². The smallest absolute Gasteiger partial charge is 0.216 e. The number of ketones is 2. The molecule has 0 aliphatic heterocycles. The first-order valence-electron chi connectivity index (χ1n) is 6.20. The van der Waals surface area contributed by atoms with Gasteiger partial charge in [0.25, 0.3) is 0 Å². The van der Waals surface area contributed by atoms with Gasteiger partial charge >= 0.3 is 0 Å². The van der Waals surface area contributed by atoms with E-state index in [1.54, 1.807) is 30.5 Å². The van der Waals surface area contributed by atoms with Gasteiger partial charge in [0, 0.05) is 23.7 Å². The van der Waals surface area contributed by atoms with Gasteiger partial charge in [-0.3, -0.25) is 9.59 Å². The lowest BCUT2D eigenvalue weighted by atomic mass is 10.1. The zero-order valence-electron chi connectivity index (χ0n) is 10.3. The van der Waals surface area contributed by atoms with E-state index in [1.165, 1.54) is 0 Å². The lowest BCUT2D eigenvalue weighted by Gasteiger charge is -2.09. The van der Waals surface area contributed by atoms with E-state index in [0.29, 0.717) is 24.3 Å². The lowest BCUT2D eigenvalue weighted by molar-refractivity contribution is 0.0916. The Balaban J connectivity index is 1.75. The second kappa shape index (κ2) is 4.72. The molecule has 0 saturated carbocycles. The number of benzene rings is 1. The van der Waals surface area contributed by atoms with Crippen molar-refractivity contribution in [3.05, 3.63) is 53.3 Å². The highest BCUT2D eigenvalue weighted by Crippen LogP contribution is 2.30. The zero-order chi connectivity index (χ0) is 13.2. The molecule has 2 aromatic rings. The minimum Gasteiger partial charge on any atom is -0.485 e. The Hall–Kier alpha value is -2.36. The quantitative estimate of drug-likeness (QED) is 0.853. The van der Waals surface area contributed by atoms with Crippen LogP contribution < -0.4 is 4.74 Å². The molecule has 19 heavy (non-hydrogen) atoms. The van der Waals surface area contributed by atoms with Crippen LogP contribution in [0.25, 0.3) is 0 Å². The number of carbonyl (C=O) groups is 2. The third-order valence-electron chi connectivity index (χ3n) is 3.29. The first-order chi connectivity index (χ1) is 9.25. The van der Waals surface area contributed by atoms with Gasteiger partial charge < -0.3 is 9.72 Å². The largest absolute Gasteiger partial charge is 0.485 e. The molecule has 4 nitrogen and oxygen atoms in total. The molecule has 0 amide bonds. The summed E-state index contributed by atoms with van der Waals surface area (Å²) in [7, 11) is 0. The summed E-state index contributed by atoms with van der Waals surface area (Å²) in [6.07, 6.45) is 2.92. The summed E-state index contributed by atoms with van der Waals surface area (Å²) in [4.78, 5) is 26.3. The highest BCUT2D eigenvalue weighted by Gasteiger charge is 2.22. The van der Waals surface area contributed by atoms with Crippen LogP contribution in [0.4, 0.5) is 0 Å². The van der Waals surface area contributed by atoms with Crippen molar-refractivity contribution in [1.29, 1.82) is 0 Å². The van der Waals surface area contributed by atoms with Gasteiger partial charge in [-0.25, -0.2) is 0 Å². The van der Waals surface area contributed by atoms with Gasteiger partial charge in [-0.05, 0) is 24.6 Å². The lowest BCUT2D eigenvalue weighted by Crippen LogP contribution is -2.12. The SMILES string of the molecule is O=C(COc1cccc2c1CCC2=O)c1ccc[nH]1. The van der Waals surface area contributed by atoms with Crippen molar-refractivity contribution in [2.24, 2.45) is 0 Å². The van der Waals surface area contributed by atoms with E-state index in [1.807, 2.05) is 6.07 Å². The van der Waals surface area contributed by atoms with Crippen LogP contribution in [0.5, 0.6) is 5.75 Å². The summed E-state index contributed by atoms with van der Waals surface area (Å²) in [5.41, 5.74) is 2.18. The average molecular weight is 255 g/mol. The maximum absolute atomic E-state index is 11.8. The molecular formula is C15H13NO3. The van der Waals surface area contributed by atoms with E-state index >= 15 is 0 Å². The van der Waals surface area contributed by atoms with E-state index < -0.39 is 0 Å². The van der Waals surface area contributed by atoms with Crippen molar-refractivity contribution in [3.8, 4) is 5.75 Å². The van der Waals surface area contributed by atoms with Crippen molar-refractivity contribution >= 4 is 11.6 Å². The number of nitrogens with one attached hydrogen (secondary N) is 1. The first kappa shape index (κ1) is 11.7. The number of Topliss-reactive ketones (excluding diaryl/α,β-unsaturated/α-hetero) is 2. The molecule has 1 aliphatic rings. The molecule has 0 bridgehead atoms. The molecule has 3 rings (SSSR count). The summed E-state index contributed by atoms with van der Waals surface area (Å²) in [6, 6.07) is 8.89. The Morgan fingerprint density at radius 2 is 2.11 bits per heavy atom. The van der Waals surface area contributed by atoms with Crippen LogP contribution in [0.15, 0.2) is 36.5 Å². The standard InChI is InChI=1S/C15H13NO3/c17-13-7-6-11-10(13)3-1-5-15(11)19-9-14(18)12-4-2-8-16-12/h1-5,8,16H,6-7,9H2. The number of H-pyrrole nitrogens is 1. The van der Waals surface area contributed by atoms with Crippen molar-refractivity contribution in [2.45, 2.75) is 12.8 Å². The van der Waals surface area contributed by atoms with Crippen LogP contribution in [0, 0.1) is 0 Å². The summed E-state index contributed by atoms with van der Waals surface area (Å²) in [6.45, 7) is -0.0227. The number of hydrogen-bond donors (Lipinski definition) is 1. The maximum Gasteiger partial charge on any atom is 0.216 e. The predicted molar refractivity (Wildman–Crippen MR) is 69.7 cm³/mol. The number of carbonyl (C=O) groups excluding carboxylic acids is 2. The Morgan fingerprint density at radius 3 is 2.89 bits per heavy atom. The monoisotopic (exact) mass is 255 g/mol. The number of aromatic amines is 1. The molecule has 1 aromatic heterocycles. The molecule has 0 fully saturated rings. The molecule has 1 heterocycles. The molecule has 0 spiro atoms. The number of aromatic nitrogens is 1. The van der Waals surface area contributed by atoms with Gasteiger partial charge in [-0.15, -0.1) is 0 Å². The molecular weight excluding hydrogens is 242 g/mol. The van der Waals surface area contributed by atoms with E-state index in [9.17, 15) is 9.59 Å². The Kier molecular flexibility index (Phi) is 2.91. The maximum atomic E-state index is 11.8. The summed E-state index contributed by atoms with van der Waals surface area (Å²) >= 11 is 0. The Bertz CT molecular complexity index is 629. The summed E-state index contributed by atoms with van der Waals surface area (Å²) in [5, 5.41) is 0. The van der Waals surface area contributed by atoms with Crippen LogP contribution in [-0.2, 0) is 6.42 Å². The van der Waals surface area contributed by atoms with E-state index in [4.69, 9.17) is 4.74 Å². The number of hydrogen-bond acceptors (Lipinski definition) is 3. The number of ether oxygens (including phenoxy) is 1. The van der Waals surface area contributed by atoms with Crippen molar-refractivity contribution < 1.29 is 14.3 Å². The second-order valence-electron chi connectivity index (χ2n) is 4.50. The number of rotatable bonds is 4. The normalized spacial score (nSPS) is 13.4. The highest BCUT2D eigenvalue weighted by atomic mass is 16.5. The third kappa shape index (κ3) is 2.17. The molecule has 1 N–H and O–H groups in total. The molecule has 4 heteroatoms. The fourth-order valence-corrected chi connectivity index (χ4v) is 2.32. The highest BCUT2D eigenvalue weighted by molar-refractivity contribution is 6.01. The van der Waals surface area contributed by atoms with Crippen molar-refractivity contribution in [1.82, 2.24) is 4.98 Å². The minimum absolute atomic E-state index is 0.0227. The second-order valence-corrected chi connectivity index (χ2v) is 4.50. The predicted octanol–water partition coefficient (Wildman–Crippen LogP) is 2.41. The van der Waals surface area contributed by atoms with Crippen molar-refractivity contribution in [3.63, 3.8) is 0 Å². The van der Waals surface area contributed by atoms with Gasteiger partial charge in [-0.2, -0.15) is 0 Å². The molecule has 0 saturated heterocycles. The van der Waals surface area contributed by atoms with Gasteiger partial charge in [0.05, 0.1) is 5.69 Å². The van der Waals surface area contributed by atoms with Crippen LogP contribution in [0.1, 0.15) is 32.8 Å².